The fourth-order valence-electron chi connectivity index (χ4n) is 8.87. The van der Waals surface area contributed by atoms with Gasteiger partial charge in [0, 0.05) is 6.42 Å². The van der Waals surface area contributed by atoms with Gasteiger partial charge in [-0.05, 0) is 103 Å². The van der Waals surface area contributed by atoms with Crippen molar-refractivity contribution in [1.29, 1.82) is 0 Å². The first kappa shape index (κ1) is 71.3. The van der Waals surface area contributed by atoms with Crippen LogP contribution in [0.2, 0.25) is 0 Å². The van der Waals surface area contributed by atoms with E-state index in [0.717, 1.165) is 141 Å². The van der Waals surface area contributed by atoms with Gasteiger partial charge in [0.15, 0.2) is 12.4 Å². The molecule has 0 aromatic carbocycles. The molecule has 1 aliphatic rings. The molecule has 1 amide bonds. The number of hydrogen-bond donors (Lipinski definition) is 6. The van der Waals surface area contributed by atoms with Crippen molar-refractivity contribution in [2.24, 2.45) is 0 Å². The average Bonchev–Trinajstić information content (AvgIpc) is 3.43. The fourth-order valence-corrected chi connectivity index (χ4v) is 8.87. The summed E-state index contributed by atoms with van der Waals surface area (Å²) in [6, 6.07) is -1.04. The lowest BCUT2D eigenvalue weighted by Gasteiger charge is -2.41. The number of ether oxygens (including phenoxy) is 3. The molecule has 1 heterocycles. The van der Waals surface area contributed by atoms with Crippen LogP contribution < -0.4 is 5.32 Å². The van der Waals surface area contributed by atoms with E-state index in [1.807, 2.05) is 6.08 Å². The van der Waals surface area contributed by atoms with Crippen LogP contribution in [0.1, 0.15) is 233 Å². The molecule has 8 unspecified atom stereocenters. The molecule has 11 heteroatoms. The molecule has 0 spiro atoms. The first-order chi connectivity index (χ1) is 37.7. The zero-order valence-corrected chi connectivity index (χ0v) is 48.5. The van der Waals surface area contributed by atoms with Gasteiger partial charge in [-0.3, -0.25) is 9.59 Å². The second kappa shape index (κ2) is 53.0. The minimum absolute atomic E-state index is 0.0868. The molecule has 6 N–H and O–H groups in total. The van der Waals surface area contributed by atoms with E-state index in [1.165, 1.54) is 44.9 Å². The van der Waals surface area contributed by atoms with Gasteiger partial charge >= 0.3 is 5.97 Å². The van der Waals surface area contributed by atoms with Gasteiger partial charge in [-0.1, -0.05) is 233 Å². The van der Waals surface area contributed by atoms with Crippen LogP contribution in [0.4, 0.5) is 0 Å². The van der Waals surface area contributed by atoms with Gasteiger partial charge in [0.05, 0.1) is 25.4 Å². The molecule has 1 rings (SSSR count). The summed E-state index contributed by atoms with van der Waals surface area (Å²) in [6.45, 7) is 5.53. The molecule has 0 saturated carbocycles. The molecule has 0 aromatic heterocycles. The number of aliphatic hydroxyl groups is 5. The van der Waals surface area contributed by atoms with Crippen LogP contribution in [0.15, 0.2) is 109 Å². The summed E-state index contributed by atoms with van der Waals surface area (Å²) in [6.07, 6.45) is 61.2. The van der Waals surface area contributed by atoms with E-state index in [4.69, 9.17) is 14.2 Å². The number of nitrogens with one attached hydrogen (secondary N) is 1. The number of unbranched alkanes of at least 4 members (excludes halogenated alkanes) is 20. The maximum absolute atomic E-state index is 13.4. The lowest BCUT2D eigenvalue weighted by atomic mass is 9.99. The Morgan fingerprint density at radius 3 is 1.40 bits per heavy atom. The highest BCUT2D eigenvalue weighted by molar-refractivity contribution is 5.80. The Kier molecular flexibility index (Phi) is 49.1. The van der Waals surface area contributed by atoms with Crippen molar-refractivity contribution in [3.8, 4) is 0 Å². The van der Waals surface area contributed by atoms with Crippen LogP contribution in [0.3, 0.4) is 0 Å². The molecule has 8 atom stereocenters. The Hall–Kier alpha value is -3.68. The summed E-state index contributed by atoms with van der Waals surface area (Å²) in [5, 5.41) is 56.9. The van der Waals surface area contributed by atoms with E-state index in [-0.39, 0.29) is 19.4 Å². The zero-order valence-electron chi connectivity index (χ0n) is 48.5. The van der Waals surface area contributed by atoms with Crippen molar-refractivity contribution in [3.05, 3.63) is 109 Å². The zero-order chi connectivity index (χ0) is 56.1. The highest BCUT2D eigenvalue weighted by Crippen LogP contribution is 2.26. The third kappa shape index (κ3) is 41.1. The number of rotatable bonds is 50. The van der Waals surface area contributed by atoms with Gasteiger partial charge in [-0.2, -0.15) is 0 Å². The van der Waals surface area contributed by atoms with Gasteiger partial charge in [0.25, 0.3) is 0 Å². The molecular formula is C66H111NO10. The van der Waals surface area contributed by atoms with Crippen molar-refractivity contribution >= 4 is 11.9 Å². The Balaban J connectivity index is 2.68. The van der Waals surface area contributed by atoms with E-state index < -0.39 is 67.4 Å². The lowest BCUT2D eigenvalue weighted by molar-refractivity contribution is -0.305. The van der Waals surface area contributed by atoms with Gasteiger partial charge in [0.2, 0.25) is 5.91 Å². The predicted octanol–water partition coefficient (Wildman–Crippen LogP) is 14.5. The molecule has 77 heavy (non-hydrogen) atoms. The minimum Gasteiger partial charge on any atom is -0.454 e. The summed E-state index contributed by atoms with van der Waals surface area (Å²) in [5.41, 5.74) is 0. The first-order valence-corrected chi connectivity index (χ1v) is 30.7. The van der Waals surface area contributed by atoms with Crippen molar-refractivity contribution in [3.63, 3.8) is 0 Å². The standard InChI is InChI=1S/C66H111NO10/c1-4-7-10-13-16-19-22-25-26-27-28-29-30-31-32-33-34-36-39-42-45-48-51-54-61(71)77-64-63(73)62(72)60(55-68)76-66(64)75-56-57(58(69)52-49-46-43-40-37-24-21-18-15-12-9-6-3)67-65(74)59(70)53-50-47-44-41-38-35-23-20-17-14-11-8-5-2/h7-8,10-11,16-17,19-20,25-26,28-29,31-32,34,36,49,52,57-60,62-64,66,68-70,72-73H,4-6,9,12-15,18,21-24,27,30,33,35,37-48,50-51,53-56H2,1-3H3,(H,67,74)/b10-7-,11-8+,19-16-,20-17+,26-25-,29-28-,32-31-,36-34-,52-49+. The molecule has 0 radical (unpaired) electrons. The second-order valence-electron chi connectivity index (χ2n) is 20.7. The Morgan fingerprint density at radius 1 is 0.519 bits per heavy atom. The summed E-state index contributed by atoms with van der Waals surface area (Å²) >= 11 is 0. The normalized spacial score (nSPS) is 19.8. The van der Waals surface area contributed by atoms with Crippen LogP contribution in [0.25, 0.3) is 0 Å². The quantitative estimate of drug-likeness (QED) is 0.0195. The smallest absolute Gasteiger partial charge is 0.306 e. The van der Waals surface area contributed by atoms with Gasteiger partial charge in [0.1, 0.15) is 24.4 Å². The molecule has 0 aliphatic carbocycles. The van der Waals surface area contributed by atoms with E-state index in [0.29, 0.717) is 12.8 Å². The number of carbonyl (C=O) groups excluding carboxylic acids is 2. The molecule has 0 bridgehead atoms. The maximum atomic E-state index is 13.4. The topological polar surface area (TPSA) is 175 Å². The SMILES string of the molecule is CC/C=C\C/C=C\C/C=C\C/C=C\C/C=C\C/C=C\CCCCCCC(=O)OC1C(OCC(NC(=O)C(O)CCCCCCCC/C=C/C/C=C/CC)C(O)/C=C/CCCCCCCCCCCC)OC(CO)C(O)C1O. The summed E-state index contributed by atoms with van der Waals surface area (Å²) in [7, 11) is 0. The highest BCUT2D eigenvalue weighted by Gasteiger charge is 2.47. The number of allylic oxidation sites excluding steroid dienone is 17. The summed E-state index contributed by atoms with van der Waals surface area (Å²) in [5.74, 6) is -1.24. The molecule has 11 nitrogen and oxygen atoms in total. The average molecular weight is 1080 g/mol. The van der Waals surface area contributed by atoms with Crippen molar-refractivity contribution in [1.82, 2.24) is 5.32 Å². The number of aliphatic hydroxyl groups excluding tert-OH is 5. The number of esters is 1. The lowest BCUT2D eigenvalue weighted by Crippen LogP contribution is -2.61. The Morgan fingerprint density at radius 2 is 0.935 bits per heavy atom. The van der Waals surface area contributed by atoms with Crippen LogP contribution in [-0.2, 0) is 23.8 Å². The molecule has 440 valence electrons. The van der Waals surface area contributed by atoms with Crippen LogP contribution in [-0.4, -0.2) is 99.6 Å². The van der Waals surface area contributed by atoms with Gasteiger partial charge in [-0.15, -0.1) is 0 Å². The Bertz CT molecular complexity index is 1660. The molecule has 1 aliphatic heterocycles. The molecule has 1 saturated heterocycles. The highest BCUT2D eigenvalue weighted by atomic mass is 16.7. The summed E-state index contributed by atoms with van der Waals surface area (Å²) in [4.78, 5) is 26.5. The van der Waals surface area contributed by atoms with E-state index >= 15 is 0 Å². The molecule has 0 aromatic rings. The van der Waals surface area contributed by atoms with Crippen LogP contribution in [0.5, 0.6) is 0 Å². The van der Waals surface area contributed by atoms with Gasteiger partial charge < -0.3 is 45.1 Å². The monoisotopic (exact) mass is 1080 g/mol. The fraction of sp³-hybridized carbons (Fsp3) is 0.697. The number of amides is 1. The second-order valence-corrected chi connectivity index (χ2v) is 20.7. The van der Waals surface area contributed by atoms with Crippen LogP contribution >= 0.6 is 0 Å². The largest absolute Gasteiger partial charge is 0.454 e. The molecule has 1 fully saturated rings. The number of carbonyl (C=O) groups is 2. The third-order valence-corrected chi connectivity index (χ3v) is 13.7. The summed E-state index contributed by atoms with van der Waals surface area (Å²) < 4.78 is 17.6. The predicted molar refractivity (Wildman–Crippen MR) is 319 cm³/mol. The first-order valence-electron chi connectivity index (χ1n) is 30.7. The van der Waals surface area contributed by atoms with Crippen molar-refractivity contribution < 1.29 is 49.3 Å². The van der Waals surface area contributed by atoms with E-state index in [1.54, 1.807) is 6.08 Å². The van der Waals surface area contributed by atoms with E-state index in [9.17, 15) is 35.1 Å². The molecular weight excluding hydrogens is 967 g/mol. The van der Waals surface area contributed by atoms with Gasteiger partial charge in [-0.25, -0.2) is 0 Å². The van der Waals surface area contributed by atoms with Crippen LogP contribution in [0, 0.1) is 0 Å². The van der Waals surface area contributed by atoms with E-state index in [2.05, 4.69) is 123 Å². The number of hydrogen-bond acceptors (Lipinski definition) is 10. The van der Waals surface area contributed by atoms with Crippen molar-refractivity contribution in [2.45, 2.75) is 282 Å². The third-order valence-electron chi connectivity index (χ3n) is 13.7. The van der Waals surface area contributed by atoms with Crippen molar-refractivity contribution in [2.75, 3.05) is 13.2 Å². The Labute approximate surface area is 468 Å². The minimum atomic E-state index is -1.63. The maximum Gasteiger partial charge on any atom is 0.306 e.